The molecule has 0 saturated carbocycles. The van der Waals surface area contributed by atoms with E-state index >= 15 is 0 Å². The summed E-state index contributed by atoms with van der Waals surface area (Å²) in [5.41, 5.74) is 8.15. The summed E-state index contributed by atoms with van der Waals surface area (Å²) in [6.45, 7) is 4.43. The number of aryl methyl sites for hydroxylation is 2. The highest BCUT2D eigenvalue weighted by molar-refractivity contribution is 7.09. The van der Waals surface area contributed by atoms with Crippen molar-refractivity contribution in [2.75, 3.05) is 0 Å². The molecule has 7 heteroatoms. The van der Waals surface area contributed by atoms with Gasteiger partial charge in [0.05, 0.1) is 10.7 Å². The number of rotatable bonds is 7. The molecule has 2 aromatic carbocycles. The van der Waals surface area contributed by atoms with Crippen molar-refractivity contribution in [3.63, 3.8) is 0 Å². The number of carbonyl (C=O) groups excluding carboxylic acids is 2. The molecule has 0 spiro atoms. The van der Waals surface area contributed by atoms with E-state index in [1.54, 1.807) is 29.5 Å². The molecule has 0 radical (unpaired) electrons. The van der Waals surface area contributed by atoms with Crippen molar-refractivity contribution < 1.29 is 14.3 Å². The van der Waals surface area contributed by atoms with Crippen molar-refractivity contribution in [1.29, 1.82) is 0 Å². The van der Waals surface area contributed by atoms with Crippen LogP contribution in [0.1, 0.15) is 39.1 Å². The topological polar surface area (TPSA) is 80.3 Å². The van der Waals surface area contributed by atoms with E-state index in [0.29, 0.717) is 12.2 Å². The summed E-state index contributed by atoms with van der Waals surface area (Å²) in [6.07, 6.45) is 3.92. The lowest BCUT2D eigenvalue weighted by molar-refractivity contribution is -0.117. The molecule has 2 amide bonds. The first-order chi connectivity index (χ1) is 14.5. The molecule has 2 N–H and O–H groups in total. The zero-order valence-electron chi connectivity index (χ0n) is 16.8. The first-order valence-electron chi connectivity index (χ1n) is 9.54. The number of benzene rings is 2. The Morgan fingerprint density at radius 2 is 1.80 bits per heavy atom. The Hall–Kier alpha value is -3.45. The zero-order valence-corrected chi connectivity index (χ0v) is 17.7. The summed E-state index contributed by atoms with van der Waals surface area (Å²) in [5.74, 6) is -0.0624. The van der Waals surface area contributed by atoms with Crippen LogP contribution >= 0.6 is 11.3 Å². The number of aromatic nitrogens is 1. The molecule has 0 unspecified atom stereocenters. The molecular formula is C23H23N3O3S. The number of nitrogens with zero attached hydrogens (tertiary/aromatic N) is 1. The fourth-order valence-corrected chi connectivity index (χ4v) is 3.20. The molecular weight excluding hydrogens is 398 g/mol. The fourth-order valence-electron chi connectivity index (χ4n) is 2.60. The van der Waals surface area contributed by atoms with Gasteiger partial charge in [-0.2, -0.15) is 0 Å². The van der Waals surface area contributed by atoms with Crippen LogP contribution in [0.4, 0.5) is 0 Å². The number of hydrogen-bond donors (Lipinski definition) is 2. The summed E-state index contributed by atoms with van der Waals surface area (Å²) in [6, 6.07) is 14.6. The second-order valence-electron chi connectivity index (χ2n) is 6.54. The second-order valence-corrected chi connectivity index (χ2v) is 7.60. The Kier molecular flexibility index (Phi) is 7.34. The van der Waals surface area contributed by atoms with Crippen LogP contribution in [0, 0.1) is 6.92 Å². The summed E-state index contributed by atoms with van der Waals surface area (Å²) >= 11 is 1.59. The van der Waals surface area contributed by atoms with E-state index in [-0.39, 0.29) is 5.91 Å². The number of amides is 2. The molecule has 30 heavy (non-hydrogen) atoms. The summed E-state index contributed by atoms with van der Waals surface area (Å²) in [7, 11) is 0. The van der Waals surface area contributed by atoms with Crippen LogP contribution in [0.25, 0.3) is 6.08 Å². The quantitative estimate of drug-likeness (QED) is 0.445. The van der Waals surface area contributed by atoms with Gasteiger partial charge in [0.25, 0.3) is 11.8 Å². The monoisotopic (exact) mass is 421 g/mol. The highest BCUT2D eigenvalue weighted by Crippen LogP contribution is 2.16. The zero-order chi connectivity index (χ0) is 21.3. The van der Waals surface area contributed by atoms with Gasteiger partial charge in [-0.15, -0.1) is 11.3 Å². The highest BCUT2D eigenvalue weighted by atomic mass is 32.1. The maximum Gasteiger partial charge on any atom is 0.269 e. The minimum Gasteiger partial charge on any atom is -0.487 e. The Bertz CT molecular complexity index is 1020. The maximum atomic E-state index is 12.1. The third kappa shape index (κ3) is 6.28. The van der Waals surface area contributed by atoms with E-state index in [9.17, 15) is 9.59 Å². The van der Waals surface area contributed by atoms with Crippen molar-refractivity contribution in [1.82, 2.24) is 15.8 Å². The van der Waals surface area contributed by atoms with Crippen LogP contribution < -0.4 is 15.6 Å². The maximum absolute atomic E-state index is 12.1. The summed E-state index contributed by atoms with van der Waals surface area (Å²) < 4.78 is 5.70. The van der Waals surface area contributed by atoms with Crippen molar-refractivity contribution in [2.45, 2.75) is 26.9 Å². The Morgan fingerprint density at radius 1 is 1.07 bits per heavy atom. The molecule has 0 bridgehead atoms. The van der Waals surface area contributed by atoms with Crippen LogP contribution in [0.15, 0.2) is 60.0 Å². The molecule has 0 aliphatic heterocycles. The standard InChI is InChI=1S/C23H23N3O3S/c1-3-17-4-9-19(10-5-17)23(28)26-25-22(27)13-8-18-6-11-21(12-7-18)29-14-20-15-30-16(2)24-20/h4-13,15H,3,14H2,1-2H3,(H,25,27)(H,26,28)/b13-8+. The molecule has 0 saturated heterocycles. The Balaban J connectivity index is 1.45. The fraction of sp³-hybridized carbons (Fsp3) is 0.174. The van der Waals surface area contributed by atoms with E-state index < -0.39 is 5.91 Å². The summed E-state index contributed by atoms with van der Waals surface area (Å²) in [4.78, 5) is 28.4. The van der Waals surface area contributed by atoms with Crippen molar-refractivity contribution in [3.05, 3.63) is 87.4 Å². The van der Waals surface area contributed by atoms with Crippen molar-refractivity contribution in [2.24, 2.45) is 0 Å². The van der Waals surface area contributed by atoms with E-state index in [4.69, 9.17) is 4.74 Å². The molecule has 1 heterocycles. The molecule has 0 fully saturated rings. The van der Waals surface area contributed by atoms with E-state index in [1.807, 2.05) is 55.6 Å². The van der Waals surface area contributed by atoms with Gasteiger partial charge in [0, 0.05) is 17.0 Å². The second kappa shape index (κ2) is 10.4. The van der Waals surface area contributed by atoms with Gasteiger partial charge in [0.15, 0.2) is 0 Å². The lowest BCUT2D eigenvalue weighted by atomic mass is 10.1. The van der Waals surface area contributed by atoms with Crippen molar-refractivity contribution in [3.8, 4) is 5.75 Å². The van der Waals surface area contributed by atoms with Gasteiger partial charge in [-0.1, -0.05) is 31.2 Å². The van der Waals surface area contributed by atoms with E-state index in [0.717, 1.165) is 34.0 Å². The number of thiazole rings is 1. The largest absolute Gasteiger partial charge is 0.487 e. The van der Waals surface area contributed by atoms with E-state index in [2.05, 4.69) is 15.8 Å². The Morgan fingerprint density at radius 3 is 2.43 bits per heavy atom. The first kappa shape index (κ1) is 21.3. The first-order valence-corrected chi connectivity index (χ1v) is 10.4. The molecule has 0 aliphatic rings. The number of hydrazine groups is 1. The van der Waals surface area contributed by atoms with Gasteiger partial charge in [-0.25, -0.2) is 4.98 Å². The smallest absolute Gasteiger partial charge is 0.269 e. The summed E-state index contributed by atoms with van der Waals surface area (Å²) in [5, 5.41) is 2.99. The van der Waals surface area contributed by atoms with Crippen LogP contribution in [0.5, 0.6) is 5.75 Å². The third-order valence-electron chi connectivity index (χ3n) is 4.28. The average molecular weight is 422 g/mol. The molecule has 3 rings (SSSR count). The van der Waals surface area contributed by atoms with E-state index in [1.165, 1.54) is 6.08 Å². The van der Waals surface area contributed by atoms with Gasteiger partial charge in [0.2, 0.25) is 0 Å². The number of nitrogens with one attached hydrogen (secondary N) is 2. The predicted molar refractivity (Wildman–Crippen MR) is 118 cm³/mol. The molecule has 0 atom stereocenters. The molecule has 0 aliphatic carbocycles. The van der Waals surface area contributed by atoms with Gasteiger partial charge in [-0.3, -0.25) is 20.4 Å². The van der Waals surface area contributed by atoms with Crippen molar-refractivity contribution >= 4 is 29.2 Å². The third-order valence-corrected chi connectivity index (χ3v) is 5.11. The number of hydrogen-bond acceptors (Lipinski definition) is 5. The van der Waals surface area contributed by atoms with Gasteiger partial charge in [0.1, 0.15) is 12.4 Å². The molecule has 1 aromatic heterocycles. The highest BCUT2D eigenvalue weighted by Gasteiger charge is 2.06. The molecule has 154 valence electrons. The van der Waals surface area contributed by atoms with Gasteiger partial charge < -0.3 is 4.74 Å². The predicted octanol–water partition coefficient (Wildman–Crippen LogP) is 4.07. The normalized spacial score (nSPS) is 10.7. The lowest BCUT2D eigenvalue weighted by Crippen LogP contribution is -2.40. The van der Waals surface area contributed by atoms with Crippen LogP contribution in [0.3, 0.4) is 0 Å². The minimum absolute atomic E-state index is 0.365. The number of ether oxygens (including phenoxy) is 1. The molecule has 6 nitrogen and oxygen atoms in total. The van der Waals surface area contributed by atoms with Crippen LogP contribution in [-0.2, 0) is 17.8 Å². The van der Waals surface area contributed by atoms with Gasteiger partial charge >= 0.3 is 0 Å². The van der Waals surface area contributed by atoms with Crippen LogP contribution in [0.2, 0.25) is 0 Å². The van der Waals surface area contributed by atoms with Gasteiger partial charge in [-0.05, 0) is 54.8 Å². The number of carbonyl (C=O) groups is 2. The van der Waals surface area contributed by atoms with Crippen LogP contribution in [-0.4, -0.2) is 16.8 Å². The molecule has 3 aromatic rings. The SMILES string of the molecule is CCc1ccc(C(=O)NNC(=O)/C=C/c2ccc(OCc3csc(C)n3)cc2)cc1. The minimum atomic E-state index is -0.423. The lowest BCUT2D eigenvalue weighted by Gasteiger charge is -2.06. The average Bonchev–Trinajstić information content (AvgIpc) is 3.20. The Labute approximate surface area is 179 Å².